The molecule has 5 nitrogen and oxygen atoms in total. The molecule has 2 rings (SSSR count). The van der Waals surface area contributed by atoms with Gasteiger partial charge in [0.1, 0.15) is 5.01 Å². The Morgan fingerprint density at radius 1 is 1.59 bits per heavy atom. The Labute approximate surface area is 102 Å². The molecule has 0 spiro atoms. The normalized spacial score (nSPS) is 9.94. The highest BCUT2D eigenvalue weighted by Gasteiger charge is 2.05. The molecule has 2 aromatic rings. The average molecular weight is 249 g/mol. The van der Waals surface area contributed by atoms with Gasteiger partial charge in [0.2, 0.25) is 0 Å². The van der Waals surface area contributed by atoms with Crippen LogP contribution in [0.1, 0.15) is 5.69 Å². The second kappa shape index (κ2) is 5.40. The van der Waals surface area contributed by atoms with Crippen molar-refractivity contribution in [2.24, 2.45) is 0 Å². The first-order chi connectivity index (χ1) is 8.29. The number of alkyl carbamates (subject to hydrolysis) is 1. The van der Waals surface area contributed by atoms with Gasteiger partial charge in [0, 0.05) is 23.3 Å². The van der Waals surface area contributed by atoms with Crippen LogP contribution in [0.2, 0.25) is 0 Å². The number of methoxy groups -OCH3 is 1. The zero-order valence-corrected chi connectivity index (χ0v) is 10.0. The fourth-order valence-corrected chi connectivity index (χ4v) is 2.06. The van der Waals surface area contributed by atoms with E-state index in [9.17, 15) is 4.79 Å². The molecule has 0 unspecified atom stereocenters. The molecule has 0 aromatic carbocycles. The van der Waals surface area contributed by atoms with Crippen LogP contribution in [0.4, 0.5) is 4.79 Å². The number of aromatic nitrogens is 2. The van der Waals surface area contributed by atoms with Crippen LogP contribution in [0.25, 0.3) is 10.6 Å². The Morgan fingerprint density at radius 2 is 2.47 bits per heavy atom. The lowest BCUT2D eigenvalue weighted by Gasteiger charge is -1.99. The number of ether oxygens (including phenoxy) is 1. The lowest BCUT2D eigenvalue weighted by Crippen LogP contribution is -2.22. The van der Waals surface area contributed by atoms with E-state index in [0.717, 1.165) is 16.3 Å². The maximum Gasteiger partial charge on any atom is 0.407 e. The Morgan fingerprint density at radius 3 is 3.18 bits per heavy atom. The fourth-order valence-electron chi connectivity index (χ4n) is 1.24. The molecular formula is C11H11N3O2S. The van der Waals surface area contributed by atoms with E-state index in [4.69, 9.17) is 0 Å². The van der Waals surface area contributed by atoms with Crippen molar-refractivity contribution in [1.82, 2.24) is 15.3 Å². The summed E-state index contributed by atoms with van der Waals surface area (Å²) in [6, 6.07) is 3.81. The molecule has 0 fully saturated rings. The van der Waals surface area contributed by atoms with E-state index >= 15 is 0 Å². The SMILES string of the molecule is COC(=O)NCc1csc(-c2cccnc2)n1. The number of amides is 1. The third kappa shape index (κ3) is 3.01. The third-order valence-corrected chi connectivity index (χ3v) is 3.00. The van der Waals surface area contributed by atoms with Crippen LogP contribution >= 0.6 is 11.3 Å². The summed E-state index contributed by atoms with van der Waals surface area (Å²) in [6.45, 7) is 0.365. The smallest absolute Gasteiger partial charge is 0.407 e. The van der Waals surface area contributed by atoms with Crippen LogP contribution in [0.15, 0.2) is 29.9 Å². The molecule has 17 heavy (non-hydrogen) atoms. The van der Waals surface area contributed by atoms with Gasteiger partial charge in [0.15, 0.2) is 0 Å². The topological polar surface area (TPSA) is 64.1 Å². The van der Waals surface area contributed by atoms with Crippen LogP contribution < -0.4 is 5.32 Å². The van der Waals surface area contributed by atoms with Gasteiger partial charge in [-0.1, -0.05) is 0 Å². The molecule has 0 bridgehead atoms. The van der Waals surface area contributed by atoms with Crippen LogP contribution in [-0.4, -0.2) is 23.2 Å². The first-order valence-electron chi connectivity index (χ1n) is 4.96. The van der Waals surface area contributed by atoms with Crippen LogP contribution in [-0.2, 0) is 11.3 Å². The number of rotatable bonds is 3. The number of carbonyl (C=O) groups is 1. The molecule has 2 aromatic heterocycles. The molecule has 88 valence electrons. The van der Waals surface area contributed by atoms with Crippen molar-refractivity contribution in [3.8, 4) is 10.6 Å². The summed E-state index contributed by atoms with van der Waals surface area (Å²) in [4.78, 5) is 19.3. The number of carbonyl (C=O) groups excluding carboxylic acids is 1. The van der Waals surface area contributed by atoms with Crippen molar-refractivity contribution in [1.29, 1.82) is 0 Å². The Kier molecular flexibility index (Phi) is 3.66. The van der Waals surface area contributed by atoms with Gasteiger partial charge in [-0.2, -0.15) is 0 Å². The molecule has 0 saturated carbocycles. The van der Waals surface area contributed by atoms with Crippen molar-refractivity contribution in [2.45, 2.75) is 6.54 Å². The molecule has 0 atom stereocenters. The van der Waals surface area contributed by atoms with Gasteiger partial charge >= 0.3 is 6.09 Å². The van der Waals surface area contributed by atoms with Crippen LogP contribution in [0, 0.1) is 0 Å². The lowest BCUT2D eigenvalue weighted by molar-refractivity contribution is 0.170. The molecule has 0 saturated heterocycles. The predicted molar refractivity (Wildman–Crippen MR) is 64.6 cm³/mol. The molecule has 6 heteroatoms. The van der Waals surface area contributed by atoms with Gasteiger partial charge in [-0.3, -0.25) is 4.98 Å². The number of hydrogen-bond donors (Lipinski definition) is 1. The summed E-state index contributed by atoms with van der Waals surface area (Å²) in [5, 5.41) is 5.37. The van der Waals surface area contributed by atoms with Crippen molar-refractivity contribution < 1.29 is 9.53 Å². The summed E-state index contributed by atoms with van der Waals surface area (Å²) in [5.74, 6) is 0. The Hall–Kier alpha value is -1.95. The minimum atomic E-state index is -0.457. The van der Waals surface area contributed by atoms with Gasteiger partial charge in [-0.05, 0) is 12.1 Å². The molecule has 1 N–H and O–H groups in total. The molecule has 2 heterocycles. The molecule has 1 amide bonds. The first kappa shape index (κ1) is 11.5. The first-order valence-corrected chi connectivity index (χ1v) is 5.84. The summed E-state index contributed by atoms with van der Waals surface area (Å²) < 4.78 is 4.48. The summed E-state index contributed by atoms with van der Waals surface area (Å²) in [7, 11) is 1.33. The average Bonchev–Trinajstić information content (AvgIpc) is 2.86. The summed E-state index contributed by atoms with van der Waals surface area (Å²) >= 11 is 1.52. The summed E-state index contributed by atoms with van der Waals surface area (Å²) in [6.07, 6.45) is 3.02. The van der Waals surface area contributed by atoms with E-state index in [2.05, 4.69) is 20.0 Å². The third-order valence-electron chi connectivity index (χ3n) is 2.06. The van der Waals surface area contributed by atoms with E-state index in [1.807, 2.05) is 17.5 Å². The van der Waals surface area contributed by atoms with Crippen molar-refractivity contribution >= 4 is 17.4 Å². The van der Waals surface area contributed by atoms with Crippen LogP contribution in [0.5, 0.6) is 0 Å². The highest BCUT2D eigenvalue weighted by atomic mass is 32.1. The molecular weight excluding hydrogens is 238 g/mol. The predicted octanol–water partition coefficient (Wildman–Crippen LogP) is 2.06. The molecule has 0 aliphatic heterocycles. The van der Waals surface area contributed by atoms with Gasteiger partial charge in [0.05, 0.1) is 19.3 Å². The van der Waals surface area contributed by atoms with E-state index in [1.165, 1.54) is 18.4 Å². The van der Waals surface area contributed by atoms with Crippen molar-refractivity contribution in [3.63, 3.8) is 0 Å². The summed E-state index contributed by atoms with van der Waals surface area (Å²) in [5.41, 5.74) is 1.78. The number of pyridine rings is 1. The van der Waals surface area contributed by atoms with Crippen molar-refractivity contribution in [2.75, 3.05) is 7.11 Å². The van der Waals surface area contributed by atoms with Gasteiger partial charge < -0.3 is 10.1 Å². The second-order valence-corrected chi connectivity index (χ2v) is 4.09. The standard InChI is InChI=1S/C11H11N3O2S/c1-16-11(15)13-6-9-7-17-10(14-9)8-3-2-4-12-5-8/h2-5,7H,6H2,1H3,(H,13,15). The molecule has 0 aliphatic carbocycles. The number of thiazole rings is 1. The number of hydrogen-bond acceptors (Lipinski definition) is 5. The minimum Gasteiger partial charge on any atom is -0.453 e. The largest absolute Gasteiger partial charge is 0.453 e. The zero-order chi connectivity index (χ0) is 12.1. The monoisotopic (exact) mass is 249 g/mol. The highest BCUT2D eigenvalue weighted by Crippen LogP contribution is 2.22. The molecule has 0 aliphatic rings. The van der Waals surface area contributed by atoms with Gasteiger partial charge in [-0.25, -0.2) is 9.78 Å². The van der Waals surface area contributed by atoms with E-state index < -0.39 is 6.09 Å². The molecule has 0 radical (unpaired) electrons. The van der Waals surface area contributed by atoms with E-state index in [-0.39, 0.29) is 0 Å². The maximum absolute atomic E-state index is 10.9. The lowest BCUT2D eigenvalue weighted by atomic mass is 10.3. The highest BCUT2D eigenvalue weighted by molar-refractivity contribution is 7.13. The fraction of sp³-hybridized carbons (Fsp3) is 0.182. The minimum absolute atomic E-state index is 0.365. The van der Waals surface area contributed by atoms with E-state index in [1.54, 1.807) is 12.4 Å². The van der Waals surface area contributed by atoms with Crippen LogP contribution in [0.3, 0.4) is 0 Å². The van der Waals surface area contributed by atoms with Gasteiger partial charge in [-0.15, -0.1) is 11.3 Å². The zero-order valence-electron chi connectivity index (χ0n) is 9.21. The Bertz CT molecular complexity index is 498. The van der Waals surface area contributed by atoms with Gasteiger partial charge in [0.25, 0.3) is 0 Å². The van der Waals surface area contributed by atoms with E-state index in [0.29, 0.717) is 6.54 Å². The second-order valence-electron chi connectivity index (χ2n) is 3.23. The quantitative estimate of drug-likeness (QED) is 0.904. The number of nitrogens with one attached hydrogen (secondary N) is 1. The number of nitrogens with zero attached hydrogens (tertiary/aromatic N) is 2. The Balaban J connectivity index is 2.04. The van der Waals surface area contributed by atoms with Crippen molar-refractivity contribution in [3.05, 3.63) is 35.6 Å². The maximum atomic E-state index is 10.9.